The van der Waals surface area contributed by atoms with Crippen molar-refractivity contribution in [3.63, 3.8) is 0 Å². The number of tetrazole rings is 1. The highest BCUT2D eigenvalue weighted by Gasteiger charge is 2.42. The van der Waals surface area contributed by atoms with Crippen molar-refractivity contribution in [2.45, 2.75) is 88.7 Å². The molecule has 7 rings (SSSR count). The van der Waals surface area contributed by atoms with Gasteiger partial charge in [0.1, 0.15) is 33.7 Å². The molecule has 2 aliphatic heterocycles. The van der Waals surface area contributed by atoms with Crippen LogP contribution in [-0.4, -0.2) is 109 Å². The Morgan fingerprint density at radius 3 is 2.56 bits per heavy atom. The van der Waals surface area contributed by atoms with E-state index in [1.165, 1.54) is 25.4 Å². The normalized spacial score (nSPS) is 23.1. The number of rotatable bonds is 14. The van der Waals surface area contributed by atoms with Crippen LogP contribution >= 0.6 is 11.6 Å². The van der Waals surface area contributed by atoms with Crippen molar-refractivity contribution in [3.05, 3.63) is 48.0 Å². The molecule has 268 valence electrons. The van der Waals surface area contributed by atoms with Crippen LogP contribution in [0.4, 0.5) is 11.6 Å². The molecule has 4 aromatic rings. The van der Waals surface area contributed by atoms with Crippen LogP contribution in [0.3, 0.4) is 0 Å². The van der Waals surface area contributed by atoms with Crippen LogP contribution in [0.25, 0.3) is 11.3 Å². The summed E-state index contributed by atoms with van der Waals surface area (Å²) in [5.74, 6) is 1.30. The molecule has 1 N–H and O–H groups in total. The van der Waals surface area contributed by atoms with Crippen LogP contribution in [0.2, 0.25) is 5.02 Å². The lowest BCUT2D eigenvalue weighted by atomic mass is 9.89. The summed E-state index contributed by atoms with van der Waals surface area (Å²) in [6.07, 6.45) is 13.2. The maximum atomic E-state index is 11.7. The number of nitrogens with one attached hydrogen (secondary N) is 1. The molecule has 3 fully saturated rings. The van der Waals surface area contributed by atoms with Crippen molar-refractivity contribution in [2.75, 3.05) is 37.1 Å². The fraction of sp³-hybridized carbons (Fsp3) is 0.576. The zero-order valence-corrected chi connectivity index (χ0v) is 29.8. The van der Waals surface area contributed by atoms with Gasteiger partial charge in [-0.3, -0.25) is 9.58 Å². The van der Waals surface area contributed by atoms with Gasteiger partial charge in [-0.2, -0.15) is 0 Å². The van der Waals surface area contributed by atoms with E-state index in [1.54, 1.807) is 16.9 Å². The number of benzene rings is 1. The van der Waals surface area contributed by atoms with Crippen LogP contribution in [-0.2, 0) is 21.1 Å². The number of nitrogens with zero attached hydrogens (tertiary/aromatic N) is 9. The Bertz CT molecular complexity index is 1830. The van der Waals surface area contributed by atoms with Gasteiger partial charge in [0, 0.05) is 36.1 Å². The van der Waals surface area contributed by atoms with Crippen LogP contribution in [0.5, 0.6) is 11.6 Å². The summed E-state index contributed by atoms with van der Waals surface area (Å²) in [5, 5.41) is 19.9. The zero-order chi connectivity index (χ0) is 34.7. The molecule has 3 atom stereocenters. The molecule has 1 saturated carbocycles. The summed E-state index contributed by atoms with van der Waals surface area (Å²) in [5.41, 5.74) is 2.07. The van der Waals surface area contributed by atoms with Gasteiger partial charge in [-0.15, -0.1) is 10.2 Å². The Balaban J connectivity index is 1.06. The van der Waals surface area contributed by atoms with E-state index in [9.17, 15) is 8.42 Å². The molecule has 3 aliphatic rings. The van der Waals surface area contributed by atoms with Crippen molar-refractivity contribution in [2.24, 2.45) is 0 Å². The maximum absolute atomic E-state index is 11.7. The first-order valence-electron chi connectivity index (χ1n) is 17.2. The van der Waals surface area contributed by atoms with Gasteiger partial charge in [-0.25, -0.2) is 23.1 Å². The Labute approximate surface area is 296 Å². The molecule has 2 bridgehead atoms. The summed E-state index contributed by atoms with van der Waals surface area (Å²) >= 11 is 6.49. The first kappa shape index (κ1) is 34.6. The lowest BCUT2D eigenvalue weighted by Crippen LogP contribution is -2.52. The third-order valence-corrected chi connectivity index (χ3v) is 11.0. The number of hydrogen-bond acceptors (Lipinski definition) is 13. The summed E-state index contributed by atoms with van der Waals surface area (Å²) < 4.78 is 45.0. The largest absolute Gasteiger partial charge is 0.487 e. The van der Waals surface area contributed by atoms with Crippen molar-refractivity contribution in [1.82, 2.24) is 44.9 Å². The van der Waals surface area contributed by atoms with E-state index in [2.05, 4.69) is 30.7 Å². The summed E-state index contributed by atoms with van der Waals surface area (Å²) in [6.45, 7) is 4.28. The monoisotopic (exact) mass is 726 g/mol. The second kappa shape index (κ2) is 15.2. The SMILES string of the molecule is C[C@@H](Cn1cnnn1)Oc1cc(-c2ccnc(Nc3cn(C4CCC(N5[C@@H]6CC[C@H]5COC6)CC4)nc3OCCCS(C)(=O)=O)n2)ccc1Cl. The minimum atomic E-state index is -3.10. The van der Waals surface area contributed by atoms with E-state index in [0.717, 1.165) is 44.5 Å². The van der Waals surface area contributed by atoms with Crippen LogP contribution < -0.4 is 14.8 Å². The smallest absolute Gasteiger partial charge is 0.256 e. The molecule has 0 radical (unpaired) electrons. The lowest BCUT2D eigenvalue weighted by Gasteiger charge is -2.43. The number of sulfone groups is 1. The van der Waals surface area contributed by atoms with Crippen LogP contribution in [0.1, 0.15) is 57.9 Å². The molecule has 0 unspecified atom stereocenters. The zero-order valence-electron chi connectivity index (χ0n) is 28.3. The van der Waals surface area contributed by atoms with Gasteiger partial charge in [-0.1, -0.05) is 17.7 Å². The predicted octanol–water partition coefficient (Wildman–Crippen LogP) is 4.35. The second-order valence-electron chi connectivity index (χ2n) is 13.5. The van der Waals surface area contributed by atoms with Gasteiger partial charge < -0.3 is 19.5 Å². The Kier molecular flexibility index (Phi) is 10.5. The molecule has 50 heavy (non-hydrogen) atoms. The van der Waals surface area contributed by atoms with Crippen molar-refractivity contribution >= 4 is 33.1 Å². The molecule has 0 amide bonds. The van der Waals surface area contributed by atoms with Gasteiger partial charge >= 0.3 is 0 Å². The van der Waals surface area contributed by atoms with Gasteiger partial charge in [0.05, 0.1) is 55.1 Å². The molecule has 15 nitrogen and oxygen atoms in total. The molecule has 0 spiro atoms. The minimum Gasteiger partial charge on any atom is -0.487 e. The number of morpholine rings is 1. The Morgan fingerprint density at radius 1 is 1.06 bits per heavy atom. The number of aromatic nitrogens is 8. The highest BCUT2D eigenvalue weighted by Crippen LogP contribution is 2.40. The number of ether oxygens (including phenoxy) is 3. The predicted molar refractivity (Wildman–Crippen MR) is 186 cm³/mol. The fourth-order valence-corrected chi connectivity index (χ4v) is 8.16. The molecule has 5 heterocycles. The topological polar surface area (TPSA) is 164 Å². The number of anilines is 2. The van der Waals surface area contributed by atoms with Gasteiger partial charge in [0.15, 0.2) is 0 Å². The van der Waals surface area contributed by atoms with Crippen molar-refractivity contribution < 1.29 is 22.6 Å². The molecular weight excluding hydrogens is 684 g/mol. The van der Waals surface area contributed by atoms with E-state index in [4.69, 9.17) is 35.9 Å². The second-order valence-corrected chi connectivity index (χ2v) is 16.2. The fourth-order valence-electron chi connectivity index (χ4n) is 7.36. The first-order valence-corrected chi connectivity index (χ1v) is 19.6. The Morgan fingerprint density at radius 2 is 1.82 bits per heavy atom. The molecule has 1 aliphatic carbocycles. The third kappa shape index (κ3) is 8.36. The van der Waals surface area contributed by atoms with Gasteiger partial charge in [-0.05, 0) is 80.5 Å². The van der Waals surface area contributed by atoms with Crippen molar-refractivity contribution in [3.8, 4) is 22.9 Å². The first-order chi connectivity index (χ1) is 24.2. The number of hydrogen-bond donors (Lipinski definition) is 1. The van der Waals surface area contributed by atoms with E-state index in [1.807, 2.05) is 36.0 Å². The van der Waals surface area contributed by atoms with E-state index >= 15 is 0 Å². The van der Waals surface area contributed by atoms with E-state index in [-0.39, 0.29) is 24.5 Å². The molecule has 2 saturated heterocycles. The van der Waals surface area contributed by atoms with Crippen molar-refractivity contribution in [1.29, 1.82) is 0 Å². The third-order valence-electron chi connectivity index (χ3n) is 9.65. The van der Waals surface area contributed by atoms with E-state index < -0.39 is 9.84 Å². The van der Waals surface area contributed by atoms with Crippen LogP contribution in [0.15, 0.2) is 43.0 Å². The highest BCUT2D eigenvalue weighted by atomic mass is 35.5. The molecular formula is C33H43ClN10O5S. The van der Waals surface area contributed by atoms with Gasteiger partial charge in [0.25, 0.3) is 5.88 Å². The van der Waals surface area contributed by atoms with Crippen LogP contribution in [0, 0.1) is 0 Å². The number of fused-ring (bicyclic) bond motifs is 2. The lowest BCUT2D eigenvalue weighted by molar-refractivity contribution is -0.0458. The molecule has 1 aromatic carbocycles. The average Bonchev–Trinajstić information content (AvgIpc) is 3.82. The Hall–Kier alpha value is -3.86. The minimum absolute atomic E-state index is 0.0401. The maximum Gasteiger partial charge on any atom is 0.256 e. The summed E-state index contributed by atoms with van der Waals surface area (Å²) in [4.78, 5) is 12.0. The quantitative estimate of drug-likeness (QED) is 0.183. The summed E-state index contributed by atoms with van der Waals surface area (Å²) in [7, 11) is -3.10. The molecule has 17 heteroatoms. The molecule has 3 aromatic heterocycles. The van der Waals surface area contributed by atoms with E-state index in [0.29, 0.717) is 65.1 Å². The summed E-state index contributed by atoms with van der Waals surface area (Å²) in [6, 6.07) is 9.22. The van der Waals surface area contributed by atoms with Gasteiger partial charge in [0.2, 0.25) is 5.95 Å². The highest BCUT2D eigenvalue weighted by molar-refractivity contribution is 7.90. The average molecular weight is 727 g/mol. The number of halogens is 1. The standard InChI is InChI=1S/C33H43ClN10O5S/c1-22(17-42-21-36-40-41-42)49-31-16-23(4-11-28(31)34)29-12-13-35-33(37-29)38-30-18-43(39-32(30)48-14-3-15-50(2,45)46)24-5-7-25(8-6-24)44-26-9-10-27(44)20-47-19-26/h4,11-13,16,18,21-22,24-27H,3,5-10,14-15,17,19-20H2,1-2H3,(H,35,37,38)/t22-,24?,25?,26-,27+/m0/s1.